The Morgan fingerprint density at radius 3 is 1.97 bits per heavy atom. The molecule has 5 aromatic rings. The number of carboxylic acids is 1. The van der Waals surface area contributed by atoms with E-state index in [1.165, 1.54) is 64.5 Å². The van der Waals surface area contributed by atoms with Gasteiger partial charge in [-0.15, -0.1) is 22.7 Å². The summed E-state index contributed by atoms with van der Waals surface area (Å²) >= 11 is 6.85. The van der Waals surface area contributed by atoms with Crippen LogP contribution in [0.2, 0.25) is 0 Å². The van der Waals surface area contributed by atoms with Crippen LogP contribution in [-0.2, 0) is 4.79 Å². The van der Waals surface area contributed by atoms with Crippen LogP contribution < -0.4 is 4.90 Å². The molecule has 7 rings (SSSR count). The molecule has 8 heteroatoms. The van der Waals surface area contributed by atoms with Crippen molar-refractivity contribution in [2.24, 2.45) is 0 Å². The fourth-order valence-corrected chi connectivity index (χ4v) is 9.00. The number of rotatable bonds is 4. The van der Waals surface area contributed by atoms with Crippen LogP contribution in [-0.4, -0.2) is 11.1 Å². The third-order valence-electron chi connectivity index (χ3n) is 6.31. The van der Waals surface area contributed by atoms with Crippen LogP contribution in [0.4, 0.5) is 17.1 Å². The number of aliphatic carboxylic acids is 1. The minimum Gasteiger partial charge on any atom is -0.477 e. The maximum Gasteiger partial charge on any atom is 0.346 e. The van der Waals surface area contributed by atoms with E-state index in [9.17, 15) is 4.79 Å². The zero-order valence-corrected chi connectivity index (χ0v) is 22.8. The molecule has 0 radical (unpaired) electrons. The summed E-state index contributed by atoms with van der Waals surface area (Å²) in [5.41, 5.74) is 4.60. The van der Waals surface area contributed by atoms with E-state index in [4.69, 9.17) is 10.4 Å². The third-order valence-corrected chi connectivity index (χ3v) is 10.9. The molecule has 3 aromatic carbocycles. The number of hydrogen-bond acceptors (Lipinski definition) is 7. The van der Waals surface area contributed by atoms with E-state index in [0.717, 1.165) is 14.6 Å². The van der Waals surface area contributed by atoms with Gasteiger partial charge in [0.05, 0.1) is 17.1 Å². The maximum atomic E-state index is 11.2. The third kappa shape index (κ3) is 3.87. The average Bonchev–Trinajstić information content (AvgIpc) is 3.61. The predicted molar refractivity (Wildman–Crippen MR) is 157 cm³/mol. The molecule has 38 heavy (non-hydrogen) atoms. The SMILES string of the molecule is N#C/C(=C\c1ccc(-c2ccc(-c3cc4c5c(c3)Sc3ccccc3N5c3ccccc3S4)s2)s1)C(=O)O. The van der Waals surface area contributed by atoms with Crippen molar-refractivity contribution in [3.63, 3.8) is 0 Å². The van der Waals surface area contributed by atoms with Gasteiger partial charge < -0.3 is 10.0 Å². The van der Waals surface area contributed by atoms with Gasteiger partial charge in [0, 0.05) is 39.1 Å². The van der Waals surface area contributed by atoms with Gasteiger partial charge in [-0.3, -0.25) is 0 Å². The number of thiophene rings is 2. The number of nitrogens with zero attached hydrogens (tertiary/aromatic N) is 2. The van der Waals surface area contributed by atoms with Gasteiger partial charge in [-0.2, -0.15) is 5.26 Å². The lowest BCUT2D eigenvalue weighted by Crippen LogP contribution is -2.18. The molecule has 0 fully saturated rings. The van der Waals surface area contributed by atoms with E-state index >= 15 is 0 Å². The van der Waals surface area contributed by atoms with Gasteiger partial charge in [0.15, 0.2) is 0 Å². The highest BCUT2D eigenvalue weighted by molar-refractivity contribution is 8.00. The molecule has 0 spiro atoms. The Morgan fingerprint density at radius 2 is 1.34 bits per heavy atom. The van der Waals surface area contributed by atoms with E-state index in [1.807, 2.05) is 35.7 Å². The Labute approximate surface area is 235 Å². The highest BCUT2D eigenvalue weighted by Gasteiger charge is 2.33. The first-order chi connectivity index (χ1) is 18.6. The molecule has 0 bridgehead atoms. The first-order valence-corrected chi connectivity index (χ1v) is 14.9. The first kappa shape index (κ1) is 23.4. The molecule has 0 atom stereocenters. The minimum atomic E-state index is -1.21. The van der Waals surface area contributed by atoms with E-state index in [0.29, 0.717) is 0 Å². The van der Waals surface area contributed by atoms with Gasteiger partial charge in [0.2, 0.25) is 0 Å². The summed E-state index contributed by atoms with van der Waals surface area (Å²) in [5.74, 6) is -1.21. The number of nitriles is 1. The number of para-hydroxylation sites is 2. The van der Waals surface area contributed by atoms with Crippen molar-refractivity contribution in [1.82, 2.24) is 0 Å². The van der Waals surface area contributed by atoms with E-state index in [2.05, 4.69) is 77.7 Å². The zero-order valence-electron chi connectivity index (χ0n) is 19.5. The summed E-state index contributed by atoms with van der Waals surface area (Å²) in [7, 11) is 0. The Hall–Kier alpha value is -3.74. The van der Waals surface area contributed by atoms with Gasteiger partial charge in [-0.1, -0.05) is 47.8 Å². The van der Waals surface area contributed by atoms with Gasteiger partial charge >= 0.3 is 5.97 Å². The quantitative estimate of drug-likeness (QED) is 0.170. The van der Waals surface area contributed by atoms with Crippen molar-refractivity contribution < 1.29 is 9.90 Å². The Bertz CT molecular complexity index is 1770. The lowest BCUT2D eigenvalue weighted by atomic mass is 10.1. The zero-order chi connectivity index (χ0) is 25.8. The molecular formula is C30H16N2O2S4. The van der Waals surface area contributed by atoms with Crippen LogP contribution in [0.3, 0.4) is 0 Å². The molecule has 2 aliphatic heterocycles. The number of fused-ring (bicyclic) bond motifs is 4. The monoisotopic (exact) mass is 564 g/mol. The van der Waals surface area contributed by atoms with Crippen LogP contribution in [0.5, 0.6) is 0 Å². The van der Waals surface area contributed by atoms with E-state index in [1.54, 1.807) is 17.4 Å². The van der Waals surface area contributed by atoms with Crippen molar-refractivity contribution in [1.29, 1.82) is 5.26 Å². The molecule has 0 aliphatic carbocycles. The number of hydrogen-bond donors (Lipinski definition) is 1. The summed E-state index contributed by atoms with van der Waals surface area (Å²) in [6.07, 6.45) is 1.43. The van der Waals surface area contributed by atoms with Crippen LogP contribution in [0, 0.1) is 11.3 Å². The molecule has 4 nitrogen and oxygen atoms in total. The standard InChI is InChI=1S/C30H16N2O2S4/c31-16-18(30(33)34)13-19-9-10-25(35-19)26-12-11-22(36-26)17-14-27-29-28(15-17)38-24-8-4-2-6-21(24)32(29)20-5-1-3-7-23(20)37-27/h1-15H,(H,33,34)/b18-13+. The second-order valence-corrected chi connectivity index (χ2v) is 13.0. The number of anilines is 3. The maximum absolute atomic E-state index is 11.2. The smallest absolute Gasteiger partial charge is 0.346 e. The van der Waals surface area contributed by atoms with Crippen LogP contribution in [0.25, 0.3) is 26.3 Å². The molecule has 0 unspecified atom stereocenters. The summed E-state index contributed by atoms with van der Waals surface area (Å²) in [5, 5.41) is 18.2. The summed E-state index contributed by atoms with van der Waals surface area (Å²) in [6.45, 7) is 0. The number of benzene rings is 3. The summed E-state index contributed by atoms with van der Waals surface area (Å²) < 4.78 is 0. The van der Waals surface area contributed by atoms with Crippen LogP contribution in [0.15, 0.2) is 110 Å². The molecule has 0 saturated heterocycles. The van der Waals surface area contributed by atoms with Crippen LogP contribution in [0.1, 0.15) is 4.88 Å². The molecule has 2 aliphatic rings. The highest BCUT2D eigenvalue weighted by atomic mass is 32.2. The summed E-state index contributed by atoms with van der Waals surface area (Å²) in [6, 6.07) is 31.6. The molecule has 2 aromatic heterocycles. The normalized spacial score (nSPS) is 13.3. The number of carboxylic acid groups (broad SMARTS) is 1. The van der Waals surface area contributed by atoms with Crippen molar-refractivity contribution in [2.75, 3.05) is 4.90 Å². The molecular weight excluding hydrogens is 549 g/mol. The molecule has 4 heterocycles. The highest BCUT2D eigenvalue weighted by Crippen LogP contribution is 2.60. The van der Waals surface area contributed by atoms with Crippen LogP contribution >= 0.6 is 46.2 Å². The fourth-order valence-electron chi connectivity index (χ4n) is 4.64. The largest absolute Gasteiger partial charge is 0.477 e. The Kier molecular flexibility index (Phi) is 5.68. The summed E-state index contributed by atoms with van der Waals surface area (Å²) in [4.78, 5) is 22.7. The molecule has 0 amide bonds. The van der Waals surface area contributed by atoms with E-state index < -0.39 is 5.97 Å². The average molecular weight is 565 g/mol. The Balaban J connectivity index is 1.29. The van der Waals surface area contributed by atoms with Crippen molar-refractivity contribution >= 4 is 75.3 Å². The van der Waals surface area contributed by atoms with Gasteiger partial charge in [-0.25, -0.2) is 4.79 Å². The van der Waals surface area contributed by atoms with Crippen molar-refractivity contribution in [3.05, 3.63) is 95.4 Å². The molecule has 182 valence electrons. The van der Waals surface area contributed by atoms with Crippen molar-refractivity contribution in [3.8, 4) is 26.3 Å². The van der Waals surface area contributed by atoms with Gasteiger partial charge in [-0.05, 0) is 72.3 Å². The van der Waals surface area contributed by atoms with Crippen molar-refractivity contribution in [2.45, 2.75) is 19.6 Å². The Morgan fingerprint density at radius 1 is 0.763 bits per heavy atom. The topological polar surface area (TPSA) is 64.3 Å². The number of carbonyl (C=O) groups is 1. The minimum absolute atomic E-state index is 0.263. The molecule has 1 N–H and O–H groups in total. The lowest BCUT2D eigenvalue weighted by Gasteiger charge is -2.38. The lowest BCUT2D eigenvalue weighted by molar-refractivity contribution is -0.132. The van der Waals surface area contributed by atoms with E-state index in [-0.39, 0.29) is 5.57 Å². The first-order valence-electron chi connectivity index (χ1n) is 11.7. The van der Waals surface area contributed by atoms with Gasteiger partial charge in [0.1, 0.15) is 11.6 Å². The van der Waals surface area contributed by atoms with Gasteiger partial charge in [0.25, 0.3) is 0 Å². The fraction of sp³-hybridized carbons (Fsp3) is 0. The second kappa shape index (κ2) is 9.22. The predicted octanol–water partition coefficient (Wildman–Crippen LogP) is 9.53. The molecule has 0 saturated carbocycles. The second-order valence-electron chi connectivity index (χ2n) is 8.64.